The Hall–Kier alpha value is -1.40. The Morgan fingerprint density at radius 3 is 2.75 bits per heavy atom. The average Bonchev–Trinajstić information content (AvgIpc) is 2.48. The Kier molecular flexibility index (Phi) is 5.14. The highest BCUT2D eigenvalue weighted by Gasteiger charge is 2.20. The van der Waals surface area contributed by atoms with Crippen LogP contribution in [0.4, 0.5) is 5.82 Å². The monoisotopic (exact) mass is 299 g/mol. The smallest absolute Gasteiger partial charge is 0.359 e. The maximum absolute atomic E-state index is 11.6. The molecule has 1 aliphatic heterocycles. The van der Waals surface area contributed by atoms with Gasteiger partial charge in [0.25, 0.3) is 0 Å². The van der Waals surface area contributed by atoms with E-state index in [0.717, 1.165) is 26.1 Å². The van der Waals surface area contributed by atoms with Crippen LogP contribution in [0, 0.1) is 0 Å². The van der Waals surface area contributed by atoms with E-state index in [2.05, 4.69) is 20.0 Å². The molecule has 0 bridgehead atoms. The standard InChI is InChI=1S/C13H18ClN3O3/c1-3-9-12(15-8-4-6-20-7-5-8)17-11(14)10(16-9)13(18)19-2/h8H,3-7H2,1-2H3,(H,15,17). The van der Waals surface area contributed by atoms with Crippen LogP contribution in [0.1, 0.15) is 35.9 Å². The normalized spacial score (nSPS) is 15.9. The molecule has 1 saturated heterocycles. The summed E-state index contributed by atoms with van der Waals surface area (Å²) in [5.41, 5.74) is 0.768. The van der Waals surface area contributed by atoms with Gasteiger partial charge in [0.2, 0.25) is 0 Å². The van der Waals surface area contributed by atoms with Crippen molar-refractivity contribution < 1.29 is 14.3 Å². The number of nitrogens with zero attached hydrogens (tertiary/aromatic N) is 2. The third-order valence-corrected chi connectivity index (χ3v) is 3.46. The highest BCUT2D eigenvalue weighted by Crippen LogP contribution is 2.22. The zero-order chi connectivity index (χ0) is 14.5. The third kappa shape index (κ3) is 3.37. The lowest BCUT2D eigenvalue weighted by Gasteiger charge is -2.24. The third-order valence-electron chi connectivity index (χ3n) is 3.20. The summed E-state index contributed by atoms with van der Waals surface area (Å²) in [6.07, 6.45) is 2.49. The second-order valence-electron chi connectivity index (χ2n) is 4.53. The van der Waals surface area contributed by atoms with Gasteiger partial charge in [0.15, 0.2) is 10.8 Å². The van der Waals surface area contributed by atoms with Crippen molar-refractivity contribution in [3.05, 3.63) is 16.5 Å². The molecule has 0 spiro atoms. The van der Waals surface area contributed by atoms with Crippen molar-refractivity contribution in [3.8, 4) is 0 Å². The van der Waals surface area contributed by atoms with Gasteiger partial charge in [-0.2, -0.15) is 0 Å². The van der Waals surface area contributed by atoms with Crippen molar-refractivity contribution in [2.75, 3.05) is 25.6 Å². The minimum atomic E-state index is -0.574. The minimum Gasteiger partial charge on any atom is -0.464 e. The van der Waals surface area contributed by atoms with Gasteiger partial charge in [-0.15, -0.1) is 0 Å². The molecule has 20 heavy (non-hydrogen) atoms. The number of methoxy groups -OCH3 is 1. The lowest BCUT2D eigenvalue weighted by molar-refractivity contribution is 0.0593. The number of carbonyl (C=O) groups excluding carboxylic acids is 1. The van der Waals surface area contributed by atoms with Gasteiger partial charge in [0.1, 0.15) is 5.82 Å². The number of aryl methyl sites for hydroxylation is 1. The molecule has 2 heterocycles. The molecule has 1 fully saturated rings. The Labute approximate surface area is 122 Å². The molecule has 1 aliphatic rings. The maximum Gasteiger partial charge on any atom is 0.359 e. The Morgan fingerprint density at radius 2 is 2.15 bits per heavy atom. The largest absolute Gasteiger partial charge is 0.464 e. The van der Waals surface area contributed by atoms with E-state index in [-0.39, 0.29) is 10.8 Å². The molecule has 0 atom stereocenters. The van der Waals surface area contributed by atoms with Crippen LogP contribution < -0.4 is 5.32 Å². The lowest BCUT2D eigenvalue weighted by atomic mass is 10.1. The Balaban J connectivity index is 2.23. The number of aromatic nitrogens is 2. The predicted octanol–water partition coefficient (Wildman–Crippen LogP) is 2.07. The van der Waals surface area contributed by atoms with Gasteiger partial charge in [-0.1, -0.05) is 18.5 Å². The van der Waals surface area contributed by atoms with Crippen molar-refractivity contribution in [1.82, 2.24) is 9.97 Å². The van der Waals surface area contributed by atoms with E-state index in [4.69, 9.17) is 16.3 Å². The number of carbonyl (C=O) groups is 1. The van der Waals surface area contributed by atoms with Gasteiger partial charge in [0, 0.05) is 19.3 Å². The van der Waals surface area contributed by atoms with Crippen molar-refractivity contribution in [1.29, 1.82) is 0 Å². The molecule has 110 valence electrons. The Morgan fingerprint density at radius 1 is 1.45 bits per heavy atom. The Bertz CT molecular complexity index is 490. The van der Waals surface area contributed by atoms with Crippen LogP contribution in [0.3, 0.4) is 0 Å². The summed E-state index contributed by atoms with van der Waals surface area (Å²) in [6.45, 7) is 3.43. The summed E-state index contributed by atoms with van der Waals surface area (Å²) in [4.78, 5) is 20.1. The highest BCUT2D eigenvalue weighted by molar-refractivity contribution is 6.32. The molecule has 7 heteroatoms. The van der Waals surface area contributed by atoms with Gasteiger partial charge >= 0.3 is 5.97 Å². The zero-order valence-corrected chi connectivity index (χ0v) is 12.4. The zero-order valence-electron chi connectivity index (χ0n) is 11.6. The van der Waals surface area contributed by atoms with E-state index in [1.165, 1.54) is 7.11 Å². The lowest BCUT2D eigenvalue weighted by Crippen LogP contribution is -2.29. The molecule has 0 radical (unpaired) electrons. The van der Waals surface area contributed by atoms with E-state index in [9.17, 15) is 4.79 Å². The van der Waals surface area contributed by atoms with Crippen LogP contribution in [0.25, 0.3) is 0 Å². The molecule has 0 unspecified atom stereocenters. The van der Waals surface area contributed by atoms with Crippen LogP contribution in [-0.4, -0.2) is 42.3 Å². The molecule has 0 amide bonds. The van der Waals surface area contributed by atoms with Gasteiger partial charge in [-0.25, -0.2) is 14.8 Å². The SMILES string of the molecule is CCc1nc(C(=O)OC)c(Cl)nc1NC1CCOCC1. The van der Waals surface area contributed by atoms with Crippen molar-refractivity contribution >= 4 is 23.4 Å². The number of hydrogen-bond acceptors (Lipinski definition) is 6. The minimum absolute atomic E-state index is 0.0588. The van der Waals surface area contributed by atoms with Crippen molar-refractivity contribution in [3.63, 3.8) is 0 Å². The van der Waals surface area contributed by atoms with Crippen LogP contribution in [0.15, 0.2) is 0 Å². The number of hydrogen-bond donors (Lipinski definition) is 1. The van der Waals surface area contributed by atoms with E-state index in [1.54, 1.807) is 0 Å². The van der Waals surface area contributed by atoms with E-state index in [1.807, 2.05) is 6.92 Å². The molecule has 2 rings (SSSR count). The first kappa shape index (κ1) is 15.0. The second kappa shape index (κ2) is 6.85. The first-order valence-electron chi connectivity index (χ1n) is 6.64. The fourth-order valence-electron chi connectivity index (χ4n) is 2.07. The fraction of sp³-hybridized carbons (Fsp3) is 0.615. The molecular weight excluding hydrogens is 282 g/mol. The van der Waals surface area contributed by atoms with E-state index in [0.29, 0.717) is 24.0 Å². The number of rotatable bonds is 4. The maximum atomic E-state index is 11.6. The summed E-state index contributed by atoms with van der Waals surface area (Å²) < 4.78 is 9.96. The summed E-state index contributed by atoms with van der Waals surface area (Å²) in [6, 6.07) is 0.295. The molecule has 6 nitrogen and oxygen atoms in total. The van der Waals surface area contributed by atoms with Crippen LogP contribution in [0.2, 0.25) is 5.15 Å². The summed E-state index contributed by atoms with van der Waals surface area (Å²) >= 11 is 6.01. The van der Waals surface area contributed by atoms with Gasteiger partial charge < -0.3 is 14.8 Å². The molecular formula is C13H18ClN3O3. The van der Waals surface area contributed by atoms with Crippen LogP contribution >= 0.6 is 11.6 Å². The van der Waals surface area contributed by atoms with Gasteiger partial charge in [-0.05, 0) is 19.3 Å². The van der Waals surface area contributed by atoms with Crippen LogP contribution in [-0.2, 0) is 15.9 Å². The molecule has 1 aromatic heterocycles. The number of halogens is 1. The van der Waals surface area contributed by atoms with Crippen molar-refractivity contribution in [2.45, 2.75) is 32.2 Å². The highest BCUT2D eigenvalue weighted by atomic mass is 35.5. The second-order valence-corrected chi connectivity index (χ2v) is 4.89. The van der Waals surface area contributed by atoms with Crippen molar-refractivity contribution in [2.24, 2.45) is 0 Å². The summed E-state index contributed by atoms with van der Waals surface area (Å²) in [7, 11) is 1.29. The molecule has 0 aromatic carbocycles. The number of ether oxygens (including phenoxy) is 2. The molecule has 0 aliphatic carbocycles. The molecule has 1 aromatic rings. The van der Waals surface area contributed by atoms with Crippen LogP contribution in [0.5, 0.6) is 0 Å². The quantitative estimate of drug-likeness (QED) is 0.858. The fourth-order valence-corrected chi connectivity index (χ4v) is 2.28. The average molecular weight is 300 g/mol. The predicted molar refractivity (Wildman–Crippen MR) is 75.2 cm³/mol. The van der Waals surface area contributed by atoms with E-state index < -0.39 is 5.97 Å². The number of nitrogens with one attached hydrogen (secondary N) is 1. The first-order chi connectivity index (χ1) is 9.65. The molecule has 0 saturated carbocycles. The summed E-state index contributed by atoms with van der Waals surface area (Å²) in [5, 5.41) is 3.39. The topological polar surface area (TPSA) is 73.3 Å². The number of anilines is 1. The molecule has 1 N–H and O–H groups in total. The van der Waals surface area contributed by atoms with Gasteiger partial charge in [-0.3, -0.25) is 0 Å². The van der Waals surface area contributed by atoms with Gasteiger partial charge in [0.05, 0.1) is 12.8 Å². The number of esters is 1. The van der Waals surface area contributed by atoms with E-state index >= 15 is 0 Å². The first-order valence-corrected chi connectivity index (χ1v) is 7.02. The summed E-state index contributed by atoms with van der Waals surface area (Å²) in [5.74, 6) is 0.0619.